The van der Waals surface area contributed by atoms with Crippen molar-refractivity contribution in [3.8, 4) is 5.75 Å². The molecule has 164 valence electrons. The van der Waals surface area contributed by atoms with Crippen LogP contribution >= 0.6 is 11.3 Å². The van der Waals surface area contributed by atoms with E-state index in [1.165, 1.54) is 23.7 Å². The van der Waals surface area contributed by atoms with Crippen LogP contribution in [0.2, 0.25) is 0 Å². The molecule has 0 aliphatic carbocycles. The number of para-hydroxylation sites is 1. The van der Waals surface area contributed by atoms with E-state index >= 15 is 0 Å². The summed E-state index contributed by atoms with van der Waals surface area (Å²) in [5.41, 5.74) is 1.58. The van der Waals surface area contributed by atoms with Crippen LogP contribution in [0.25, 0.3) is 20.3 Å². The summed E-state index contributed by atoms with van der Waals surface area (Å²) >= 11 is 1.50. The highest BCUT2D eigenvalue weighted by Crippen LogP contribution is 2.39. The molecule has 1 N–H and O–H groups in total. The van der Waals surface area contributed by atoms with Crippen molar-refractivity contribution < 1.29 is 13.9 Å². The Hall–Kier alpha value is -3.26. The number of anilines is 1. The highest BCUT2D eigenvalue weighted by atomic mass is 32.1. The number of methoxy groups -OCH3 is 1. The molecule has 0 radical (unpaired) electrons. The fourth-order valence-corrected chi connectivity index (χ4v) is 5.54. The molecular formula is C24H23FN4O2S. The number of nitrogens with zero attached hydrogens (tertiary/aromatic N) is 3. The van der Waals surface area contributed by atoms with Crippen molar-refractivity contribution >= 4 is 43.4 Å². The van der Waals surface area contributed by atoms with E-state index in [1.54, 1.807) is 13.2 Å². The van der Waals surface area contributed by atoms with E-state index in [-0.39, 0.29) is 17.6 Å². The lowest BCUT2D eigenvalue weighted by molar-refractivity contribution is -0.125. The van der Waals surface area contributed by atoms with Crippen molar-refractivity contribution in [2.45, 2.75) is 19.4 Å². The number of benzene rings is 2. The van der Waals surface area contributed by atoms with Crippen LogP contribution in [-0.4, -0.2) is 36.1 Å². The van der Waals surface area contributed by atoms with E-state index < -0.39 is 0 Å². The molecule has 6 nitrogen and oxygen atoms in total. The topological polar surface area (TPSA) is 67.3 Å². The van der Waals surface area contributed by atoms with Gasteiger partial charge in [-0.25, -0.2) is 14.4 Å². The van der Waals surface area contributed by atoms with E-state index in [9.17, 15) is 9.18 Å². The molecule has 4 aromatic rings. The molecule has 2 aromatic carbocycles. The molecule has 1 atom stereocenters. The molecule has 1 unspecified atom stereocenters. The monoisotopic (exact) mass is 450 g/mol. The normalized spacial score (nSPS) is 16.4. The fraction of sp³-hybridized carbons (Fsp3) is 0.292. The summed E-state index contributed by atoms with van der Waals surface area (Å²) in [6.45, 7) is 1.80. The molecule has 0 spiro atoms. The van der Waals surface area contributed by atoms with E-state index in [2.05, 4.69) is 20.2 Å². The quantitative estimate of drug-likeness (QED) is 0.484. The minimum atomic E-state index is -0.273. The van der Waals surface area contributed by atoms with Gasteiger partial charge in [0, 0.05) is 29.9 Å². The maximum Gasteiger partial charge on any atom is 0.225 e. The van der Waals surface area contributed by atoms with Gasteiger partial charge in [0.25, 0.3) is 0 Å². The molecule has 1 fully saturated rings. The summed E-state index contributed by atoms with van der Waals surface area (Å²) in [5.74, 6) is 1.14. The van der Waals surface area contributed by atoms with Crippen molar-refractivity contribution in [2.24, 2.45) is 5.92 Å². The number of amides is 1. The number of rotatable bonds is 5. The Kier molecular flexibility index (Phi) is 5.61. The van der Waals surface area contributed by atoms with Crippen molar-refractivity contribution in [3.63, 3.8) is 0 Å². The van der Waals surface area contributed by atoms with Gasteiger partial charge in [-0.3, -0.25) is 4.79 Å². The van der Waals surface area contributed by atoms with Gasteiger partial charge in [-0.15, -0.1) is 11.3 Å². The average Bonchev–Trinajstić information content (AvgIpc) is 3.23. The third kappa shape index (κ3) is 3.75. The van der Waals surface area contributed by atoms with Gasteiger partial charge in [0.2, 0.25) is 5.91 Å². The number of hydrogen-bond donors (Lipinski definition) is 1. The second-order valence-corrected chi connectivity index (χ2v) is 8.96. The number of halogens is 1. The maximum absolute atomic E-state index is 14.4. The summed E-state index contributed by atoms with van der Waals surface area (Å²) in [4.78, 5) is 24.0. The summed E-state index contributed by atoms with van der Waals surface area (Å²) in [6.07, 6.45) is 3.20. The van der Waals surface area contributed by atoms with Crippen LogP contribution < -0.4 is 15.0 Å². The second kappa shape index (κ2) is 8.70. The first-order valence-electron chi connectivity index (χ1n) is 10.6. The van der Waals surface area contributed by atoms with Crippen LogP contribution in [0.1, 0.15) is 18.4 Å². The zero-order valence-electron chi connectivity index (χ0n) is 17.7. The van der Waals surface area contributed by atoms with Gasteiger partial charge >= 0.3 is 0 Å². The molecule has 2 aromatic heterocycles. The summed E-state index contributed by atoms with van der Waals surface area (Å²) in [7, 11) is 1.63. The largest absolute Gasteiger partial charge is 0.496 e. The lowest BCUT2D eigenvalue weighted by atomic mass is 9.97. The molecule has 1 aliphatic heterocycles. The molecule has 0 saturated carbocycles. The number of carbonyl (C=O) groups excluding carboxylic acids is 1. The molecule has 0 bridgehead atoms. The number of thiophene rings is 1. The van der Waals surface area contributed by atoms with E-state index in [1.807, 2.05) is 30.3 Å². The zero-order chi connectivity index (χ0) is 22.1. The minimum Gasteiger partial charge on any atom is -0.496 e. The Morgan fingerprint density at radius 1 is 1.25 bits per heavy atom. The molecule has 1 aliphatic rings. The van der Waals surface area contributed by atoms with E-state index in [0.29, 0.717) is 24.0 Å². The van der Waals surface area contributed by atoms with Crippen LogP contribution in [0.4, 0.5) is 10.2 Å². The molecule has 8 heteroatoms. The minimum absolute atomic E-state index is 0.0216. The van der Waals surface area contributed by atoms with Crippen molar-refractivity contribution in [3.05, 3.63) is 60.2 Å². The Bertz CT molecular complexity index is 1290. The zero-order valence-corrected chi connectivity index (χ0v) is 18.5. The first-order valence-corrected chi connectivity index (χ1v) is 11.4. The Balaban J connectivity index is 1.36. The first-order chi connectivity index (χ1) is 15.7. The van der Waals surface area contributed by atoms with Crippen molar-refractivity contribution in [1.29, 1.82) is 0 Å². The number of piperidine rings is 1. The van der Waals surface area contributed by atoms with Gasteiger partial charge in [0.1, 0.15) is 23.7 Å². The lowest BCUT2D eigenvalue weighted by Crippen LogP contribution is -2.43. The predicted molar refractivity (Wildman–Crippen MR) is 125 cm³/mol. The predicted octanol–water partition coefficient (Wildman–Crippen LogP) is 4.53. The Morgan fingerprint density at radius 2 is 2.12 bits per heavy atom. The Labute approximate surface area is 189 Å². The highest BCUT2D eigenvalue weighted by molar-refractivity contribution is 7.26. The van der Waals surface area contributed by atoms with Gasteiger partial charge < -0.3 is 15.0 Å². The number of nitrogens with one attached hydrogen (secondary N) is 1. The van der Waals surface area contributed by atoms with Gasteiger partial charge in [0.15, 0.2) is 0 Å². The summed E-state index contributed by atoms with van der Waals surface area (Å²) in [6, 6.07) is 12.7. The van der Waals surface area contributed by atoms with Crippen LogP contribution in [0.15, 0.2) is 48.8 Å². The second-order valence-electron chi connectivity index (χ2n) is 7.90. The van der Waals surface area contributed by atoms with Crippen molar-refractivity contribution in [2.75, 3.05) is 25.1 Å². The SMILES string of the molecule is COc1ccccc1CNC(=O)C1CCCN(c2ncnc3c2sc2cccc(F)c23)C1. The number of ether oxygens (including phenoxy) is 1. The maximum atomic E-state index is 14.4. The standard InChI is InChI=1S/C24H23FN4O2S/c1-31-18-9-3-2-6-15(18)12-26-24(30)16-7-5-11-29(13-16)23-22-21(27-14-28-23)20-17(25)8-4-10-19(20)32-22/h2-4,6,8-10,14,16H,5,7,11-13H2,1H3,(H,26,30). The van der Waals surface area contributed by atoms with Gasteiger partial charge in [-0.2, -0.15) is 0 Å². The van der Waals surface area contributed by atoms with Gasteiger partial charge in [-0.1, -0.05) is 24.3 Å². The third-order valence-corrected chi connectivity index (χ3v) is 7.09. The number of aromatic nitrogens is 2. The summed E-state index contributed by atoms with van der Waals surface area (Å²) < 4.78 is 21.5. The average molecular weight is 451 g/mol. The van der Waals surface area contributed by atoms with Crippen LogP contribution in [0.5, 0.6) is 5.75 Å². The smallest absolute Gasteiger partial charge is 0.225 e. The van der Waals surface area contributed by atoms with Crippen LogP contribution in [0.3, 0.4) is 0 Å². The highest BCUT2D eigenvalue weighted by Gasteiger charge is 2.28. The summed E-state index contributed by atoms with van der Waals surface area (Å²) in [5, 5.41) is 3.60. The molecular weight excluding hydrogens is 427 g/mol. The molecule has 3 heterocycles. The van der Waals surface area contributed by atoms with Gasteiger partial charge in [0.05, 0.1) is 28.6 Å². The number of fused-ring (bicyclic) bond motifs is 3. The van der Waals surface area contributed by atoms with E-state index in [0.717, 1.165) is 45.9 Å². The van der Waals surface area contributed by atoms with Crippen LogP contribution in [0, 0.1) is 11.7 Å². The number of carbonyl (C=O) groups is 1. The molecule has 32 heavy (non-hydrogen) atoms. The van der Waals surface area contributed by atoms with Crippen LogP contribution in [-0.2, 0) is 11.3 Å². The fourth-order valence-electron chi connectivity index (χ4n) is 4.35. The van der Waals surface area contributed by atoms with E-state index in [4.69, 9.17) is 4.74 Å². The van der Waals surface area contributed by atoms with Crippen molar-refractivity contribution in [1.82, 2.24) is 15.3 Å². The lowest BCUT2D eigenvalue weighted by Gasteiger charge is -2.33. The molecule has 1 amide bonds. The number of hydrogen-bond acceptors (Lipinski definition) is 6. The molecule has 1 saturated heterocycles. The van der Waals surface area contributed by atoms with Gasteiger partial charge in [-0.05, 0) is 31.0 Å². The molecule has 5 rings (SSSR count). The third-order valence-electron chi connectivity index (χ3n) is 5.95. The first kappa shape index (κ1) is 20.6. The Morgan fingerprint density at radius 3 is 3.00 bits per heavy atom.